The molecule has 0 saturated heterocycles. The van der Waals surface area contributed by atoms with E-state index in [9.17, 15) is 9.59 Å². The molecule has 0 saturated carbocycles. The number of carbonyl (C=O) groups excluding carboxylic acids is 1. The van der Waals surface area contributed by atoms with Crippen molar-refractivity contribution in [2.75, 3.05) is 17.9 Å². The van der Waals surface area contributed by atoms with Crippen molar-refractivity contribution in [1.29, 1.82) is 5.26 Å². The summed E-state index contributed by atoms with van der Waals surface area (Å²) in [6.45, 7) is 7.45. The molecule has 34 heavy (non-hydrogen) atoms. The minimum Gasteiger partial charge on any atom is -0.481 e. The van der Waals surface area contributed by atoms with Gasteiger partial charge in [0.1, 0.15) is 6.29 Å². The molecule has 0 radical (unpaired) electrons. The Morgan fingerprint density at radius 1 is 1.29 bits per heavy atom. The lowest BCUT2D eigenvalue weighted by Gasteiger charge is -2.21. The van der Waals surface area contributed by atoms with Crippen LogP contribution in [0.15, 0.2) is 77.2 Å². The number of carbonyl (C=O) groups is 2. The van der Waals surface area contributed by atoms with Gasteiger partial charge in [-0.05, 0) is 55.8 Å². The van der Waals surface area contributed by atoms with Crippen molar-refractivity contribution in [1.82, 2.24) is 5.32 Å². The second kappa shape index (κ2) is 12.8. The fourth-order valence-corrected chi connectivity index (χ4v) is 4.57. The molecule has 0 bridgehead atoms. The van der Waals surface area contributed by atoms with Gasteiger partial charge in [-0.25, -0.2) is 0 Å². The summed E-state index contributed by atoms with van der Waals surface area (Å²) in [7, 11) is 1.81. The molecular formula is C27H31N3O3S. The number of fused-ring (bicyclic) bond motifs is 1. The van der Waals surface area contributed by atoms with Crippen molar-refractivity contribution >= 4 is 29.9 Å². The van der Waals surface area contributed by atoms with Gasteiger partial charge in [-0.15, -0.1) is 0 Å². The Hall–Kier alpha value is -3.34. The van der Waals surface area contributed by atoms with Crippen LogP contribution in [0.4, 0.5) is 5.69 Å². The molecule has 0 aromatic heterocycles. The number of nitrogens with one attached hydrogen (secondary N) is 1. The third-order valence-electron chi connectivity index (χ3n) is 5.30. The molecule has 2 aromatic rings. The molecule has 1 heterocycles. The molecule has 2 N–H and O–H groups in total. The lowest BCUT2D eigenvalue weighted by Crippen LogP contribution is -2.23. The molecule has 2 aromatic carbocycles. The molecule has 0 fully saturated rings. The maximum absolute atomic E-state index is 10.9. The van der Waals surface area contributed by atoms with Crippen LogP contribution in [0.3, 0.4) is 0 Å². The fraction of sp³-hybridized carbons (Fsp3) is 0.296. The summed E-state index contributed by atoms with van der Waals surface area (Å²) >= 11 is 1.70. The normalized spacial score (nSPS) is 15.1. The standard InChI is InChI=1S/C17H17NOS.C10H14N2O2/c1-17(2)12-18(16-9-4-3-8-15(16)17)20-14-7-5-6-13(10-14)11-19;1-8(12-2)3-4-9(7-11)5-6-10(13)14/h3-11H,12H2,1-2H3;3-5,8,12H,6H2,1-2H3,(H,13,14)/b;4-3-,9-5+. The van der Waals surface area contributed by atoms with E-state index >= 15 is 0 Å². The lowest BCUT2D eigenvalue weighted by molar-refractivity contribution is -0.136. The van der Waals surface area contributed by atoms with Gasteiger partial charge in [0.25, 0.3) is 0 Å². The van der Waals surface area contributed by atoms with Crippen LogP contribution in [0.5, 0.6) is 0 Å². The van der Waals surface area contributed by atoms with Gasteiger partial charge in [0, 0.05) is 34.0 Å². The Bertz CT molecular complexity index is 1100. The van der Waals surface area contributed by atoms with E-state index in [1.807, 2.05) is 44.3 Å². The van der Waals surface area contributed by atoms with Crippen molar-refractivity contribution < 1.29 is 14.7 Å². The smallest absolute Gasteiger partial charge is 0.307 e. The van der Waals surface area contributed by atoms with Gasteiger partial charge in [0.2, 0.25) is 0 Å². The highest BCUT2D eigenvalue weighted by molar-refractivity contribution is 8.00. The van der Waals surface area contributed by atoms with Gasteiger partial charge in [0.15, 0.2) is 0 Å². The maximum atomic E-state index is 10.9. The van der Waals surface area contributed by atoms with E-state index in [1.165, 1.54) is 17.3 Å². The molecule has 0 amide bonds. The lowest BCUT2D eigenvalue weighted by atomic mass is 9.87. The summed E-state index contributed by atoms with van der Waals surface area (Å²) in [5, 5.41) is 20.0. The highest BCUT2D eigenvalue weighted by atomic mass is 32.2. The van der Waals surface area contributed by atoms with Crippen LogP contribution >= 0.6 is 11.9 Å². The Morgan fingerprint density at radius 3 is 2.68 bits per heavy atom. The van der Waals surface area contributed by atoms with Crippen LogP contribution < -0.4 is 9.62 Å². The maximum Gasteiger partial charge on any atom is 0.307 e. The van der Waals surface area contributed by atoms with E-state index in [0.29, 0.717) is 5.57 Å². The van der Waals surface area contributed by atoms with Gasteiger partial charge < -0.3 is 14.7 Å². The van der Waals surface area contributed by atoms with Crippen LogP contribution in [-0.4, -0.2) is 37.0 Å². The first kappa shape index (κ1) is 26.9. The van der Waals surface area contributed by atoms with Crippen LogP contribution in [0.2, 0.25) is 0 Å². The number of benzene rings is 2. The van der Waals surface area contributed by atoms with Crippen LogP contribution in [-0.2, 0) is 10.2 Å². The van der Waals surface area contributed by atoms with Gasteiger partial charge in [-0.2, -0.15) is 5.26 Å². The number of rotatable bonds is 8. The number of hydrogen-bond acceptors (Lipinski definition) is 6. The monoisotopic (exact) mass is 477 g/mol. The fourth-order valence-electron chi connectivity index (χ4n) is 3.34. The average molecular weight is 478 g/mol. The molecule has 0 spiro atoms. The van der Waals surface area contributed by atoms with Crippen molar-refractivity contribution in [3.8, 4) is 6.07 Å². The summed E-state index contributed by atoms with van der Waals surface area (Å²) in [6, 6.07) is 18.4. The number of aldehydes is 1. The molecule has 1 aliphatic rings. The Labute approximate surface area is 206 Å². The minimum atomic E-state index is -0.937. The molecule has 1 aliphatic heterocycles. The Morgan fingerprint density at radius 2 is 2.03 bits per heavy atom. The SMILES string of the molecule is CC1(C)CN(Sc2cccc(C=O)c2)c2ccccc21.CNC(C)/C=C\C(C#N)=C/CC(=O)O. The third kappa shape index (κ3) is 7.91. The summed E-state index contributed by atoms with van der Waals surface area (Å²) in [5.74, 6) is -0.937. The van der Waals surface area contributed by atoms with Crippen molar-refractivity contribution in [2.45, 2.75) is 43.5 Å². The number of allylic oxidation sites excluding steroid dienone is 2. The number of nitrogens with zero attached hydrogens (tertiary/aromatic N) is 2. The summed E-state index contributed by atoms with van der Waals surface area (Å²) in [4.78, 5) is 22.2. The molecule has 1 atom stereocenters. The Balaban J connectivity index is 0.000000259. The number of carboxylic acid groups (broad SMARTS) is 1. The molecule has 0 aliphatic carbocycles. The van der Waals surface area contributed by atoms with Gasteiger partial charge >= 0.3 is 5.97 Å². The van der Waals surface area contributed by atoms with E-state index < -0.39 is 5.97 Å². The predicted octanol–water partition coefficient (Wildman–Crippen LogP) is 5.38. The zero-order valence-electron chi connectivity index (χ0n) is 20.0. The highest BCUT2D eigenvalue weighted by Crippen LogP contribution is 2.44. The van der Waals surface area contributed by atoms with E-state index in [0.717, 1.165) is 23.3 Å². The van der Waals surface area contributed by atoms with Gasteiger partial charge in [0.05, 0.1) is 18.2 Å². The minimum absolute atomic E-state index is 0.124. The van der Waals surface area contributed by atoms with Crippen LogP contribution in [0, 0.1) is 11.3 Å². The zero-order valence-corrected chi connectivity index (χ0v) is 20.8. The summed E-state index contributed by atoms with van der Waals surface area (Å²) in [6.07, 6.45) is 5.58. The van der Waals surface area contributed by atoms with Crippen LogP contribution in [0.25, 0.3) is 0 Å². The van der Waals surface area contributed by atoms with Crippen molar-refractivity contribution in [3.05, 3.63) is 83.5 Å². The van der Waals surface area contributed by atoms with Gasteiger partial charge in [-0.1, -0.05) is 56.3 Å². The largest absolute Gasteiger partial charge is 0.481 e. The van der Waals surface area contributed by atoms with E-state index in [-0.39, 0.29) is 17.9 Å². The summed E-state index contributed by atoms with van der Waals surface area (Å²) < 4.78 is 2.32. The van der Waals surface area contributed by atoms with Crippen molar-refractivity contribution in [2.24, 2.45) is 0 Å². The predicted molar refractivity (Wildman–Crippen MR) is 138 cm³/mol. The quantitative estimate of drug-likeness (QED) is 0.228. The van der Waals surface area contributed by atoms with E-state index in [2.05, 4.69) is 47.7 Å². The van der Waals surface area contributed by atoms with Crippen LogP contribution in [0.1, 0.15) is 43.1 Å². The number of nitriles is 1. The van der Waals surface area contributed by atoms with Crippen molar-refractivity contribution in [3.63, 3.8) is 0 Å². The molecule has 3 rings (SSSR count). The van der Waals surface area contributed by atoms with E-state index in [1.54, 1.807) is 24.1 Å². The number of aliphatic carboxylic acids is 1. The molecule has 6 nitrogen and oxygen atoms in total. The molecule has 1 unspecified atom stereocenters. The number of anilines is 1. The number of para-hydroxylation sites is 1. The number of carboxylic acids is 1. The molecular weight excluding hydrogens is 446 g/mol. The third-order valence-corrected chi connectivity index (χ3v) is 6.31. The second-order valence-corrected chi connectivity index (χ2v) is 9.62. The number of likely N-dealkylation sites (N-methyl/N-ethyl adjacent to an activating group) is 1. The molecule has 178 valence electrons. The van der Waals surface area contributed by atoms with E-state index in [4.69, 9.17) is 10.4 Å². The second-order valence-electron chi connectivity index (χ2n) is 8.52. The number of hydrogen-bond donors (Lipinski definition) is 2. The zero-order chi connectivity index (χ0) is 25.1. The topological polar surface area (TPSA) is 93.4 Å². The van der Waals surface area contributed by atoms with Gasteiger partial charge in [-0.3, -0.25) is 9.59 Å². The first-order valence-electron chi connectivity index (χ1n) is 11.0. The molecule has 7 heteroatoms. The first-order chi connectivity index (χ1) is 16.2. The Kier molecular flexibility index (Phi) is 10.1. The average Bonchev–Trinajstić information content (AvgIpc) is 3.09. The highest BCUT2D eigenvalue weighted by Gasteiger charge is 2.35. The first-order valence-corrected chi connectivity index (χ1v) is 11.7. The summed E-state index contributed by atoms with van der Waals surface area (Å²) in [5.41, 5.74) is 3.92.